The number of methoxy groups -OCH3 is 1. The van der Waals surface area contributed by atoms with E-state index < -0.39 is 5.97 Å². The topological polar surface area (TPSA) is 56.5 Å². The van der Waals surface area contributed by atoms with Gasteiger partial charge in [-0.05, 0) is 24.1 Å². The van der Waals surface area contributed by atoms with Crippen molar-refractivity contribution in [1.29, 1.82) is 0 Å². The van der Waals surface area contributed by atoms with Gasteiger partial charge in [0.15, 0.2) is 5.76 Å². The summed E-state index contributed by atoms with van der Waals surface area (Å²) in [5.41, 5.74) is 1.69. The Bertz CT molecular complexity index is 593. The Morgan fingerprint density at radius 2 is 1.68 bits per heavy atom. The number of ether oxygens (including phenoxy) is 1. The van der Waals surface area contributed by atoms with Crippen LogP contribution in [0.2, 0.25) is 0 Å². The zero-order valence-electron chi connectivity index (χ0n) is 10.8. The molecule has 0 spiro atoms. The fourth-order valence-corrected chi connectivity index (χ4v) is 1.70. The quantitative estimate of drug-likeness (QED) is 0.625. The van der Waals surface area contributed by atoms with Gasteiger partial charge in [-0.25, -0.2) is 4.79 Å². The minimum absolute atomic E-state index is 0.0241. The second kappa shape index (κ2) is 5.52. The Balaban J connectivity index is 2.23. The van der Waals surface area contributed by atoms with Gasteiger partial charge in [0, 0.05) is 5.56 Å². The highest BCUT2D eigenvalue weighted by Crippen LogP contribution is 2.15. The molecule has 4 nitrogen and oxygen atoms in total. The molecular formula is C15H14O4. The third-order valence-corrected chi connectivity index (χ3v) is 2.84. The molecule has 0 bridgehead atoms. The second-order valence-corrected chi connectivity index (χ2v) is 4.04. The van der Waals surface area contributed by atoms with Gasteiger partial charge >= 0.3 is 5.97 Å². The smallest absolute Gasteiger partial charge is 0.373 e. The van der Waals surface area contributed by atoms with Crippen LogP contribution in [0.1, 0.15) is 39.2 Å². The van der Waals surface area contributed by atoms with Gasteiger partial charge in [-0.3, -0.25) is 4.79 Å². The predicted octanol–water partition coefficient (Wildman–Crippen LogP) is 2.86. The van der Waals surface area contributed by atoms with Gasteiger partial charge in [-0.15, -0.1) is 0 Å². The second-order valence-electron chi connectivity index (χ2n) is 4.04. The maximum absolute atomic E-state index is 12.1. The average Bonchev–Trinajstić information content (AvgIpc) is 2.95. The van der Waals surface area contributed by atoms with Gasteiger partial charge in [0.25, 0.3) is 0 Å². The van der Waals surface area contributed by atoms with Gasteiger partial charge in [0.2, 0.25) is 11.5 Å². The average molecular weight is 258 g/mol. The molecule has 0 fully saturated rings. The normalized spacial score (nSPS) is 10.2. The van der Waals surface area contributed by atoms with Gasteiger partial charge in [-0.1, -0.05) is 31.2 Å². The van der Waals surface area contributed by atoms with E-state index in [1.54, 1.807) is 12.1 Å². The Kier molecular flexibility index (Phi) is 3.80. The Hall–Kier alpha value is -2.36. The van der Waals surface area contributed by atoms with E-state index >= 15 is 0 Å². The molecule has 19 heavy (non-hydrogen) atoms. The van der Waals surface area contributed by atoms with E-state index in [0.717, 1.165) is 12.0 Å². The molecule has 0 atom stereocenters. The van der Waals surface area contributed by atoms with Gasteiger partial charge < -0.3 is 9.15 Å². The van der Waals surface area contributed by atoms with Crippen LogP contribution < -0.4 is 0 Å². The Morgan fingerprint density at radius 3 is 2.26 bits per heavy atom. The molecular weight excluding hydrogens is 244 g/mol. The van der Waals surface area contributed by atoms with Gasteiger partial charge in [-0.2, -0.15) is 0 Å². The minimum atomic E-state index is -0.597. The first kappa shape index (κ1) is 13.1. The van der Waals surface area contributed by atoms with Gasteiger partial charge in [0.1, 0.15) is 0 Å². The monoisotopic (exact) mass is 258 g/mol. The molecule has 0 saturated carbocycles. The van der Waals surface area contributed by atoms with Crippen LogP contribution in [0.25, 0.3) is 0 Å². The van der Waals surface area contributed by atoms with Crippen LogP contribution in [0.4, 0.5) is 0 Å². The summed E-state index contributed by atoms with van der Waals surface area (Å²) in [6, 6.07) is 10.2. The molecule has 0 saturated heterocycles. The van der Waals surface area contributed by atoms with Gasteiger partial charge in [0.05, 0.1) is 7.11 Å². The van der Waals surface area contributed by atoms with Crippen molar-refractivity contribution in [2.45, 2.75) is 13.3 Å². The van der Waals surface area contributed by atoms with Crippen LogP contribution in [0.5, 0.6) is 0 Å². The molecule has 0 amide bonds. The van der Waals surface area contributed by atoms with E-state index in [4.69, 9.17) is 4.42 Å². The zero-order chi connectivity index (χ0) is 13.8. The van der Waals surface area contributed by atoms with Crippen LogP contribution in [0, 0.1) is 0 Å². The van der Waals surface area contributed by atoms with Crippen molar-refractivity contribution in [3.8, 4) is 0 Å². The molecule has 1 aromatic heterocycles. The lowest BCUT2D eigenvalue weighted by molar-refractivity contribution is 0.0563. The molecule has 0 aliphatic rings. The van der Waals surface area contributed by atoms with Crippen LogP contribution in [-0.2, 0) is 11.2 Å². The fourth-order valence-electron chi connectivity index (χ4n) is 1.70. The summed E-state index contributed by atoms with van der Waals surface area (Å²) in [4.78, 5) is 23.4. The minimum Gasteiger partial charge on any atom is -0.463 e. The molecule has 1 aromatic carbocycles. The SMILES string of the molecule is CCc1ccc(C(=O)c2ccc(C(=O)OC)o2)cc1. The fraction of sp³-hybridized carbons (Fsp3) is 0.200. The van der Waals surface area contributed by atoms with E-state index in [1.165, 1.54) is 19.2 Å². The molecule has 0 unspecified atom stereocenters. The largest absolute Gasteiger partial charge is 0.463 e. The molecule has 0 aliphatic heterocycles. The molecule has 0 aliphatic carbocycles. The van der Waals surface area contributed by atoms with Crippen molar-refractivity contribution in [3.63, 3.8) is 0 Å². The highest BCUT2D eigenvalue weighted by Gasteiger charge is 2.17. The standard InChI is InChI=1S/C15H14O4/c1-3-10-4-6-11(7-5-10)14(16)12-8-9-13(19-12)15(17)18-2/h4-9H,3H2,1-2H3. The lowest BCUT2D eigenvalue weighted by Gasteiger charge is -2.00. The Morgan fingerprint density at radius 1 is 1.05 bits per heavy atom. The van der Waals surface area contributed by atoms with Crippen LogP contribution >= 0.6 is 0 Å². The maximum Gasteiger partial charge on any atom is 0.373 e. The van der Waals surface area contributed by atoms with E-state index in [1.807, 2.05) is 19.1 Å². The summed E-state index contributed by atoms with van der Waals surface area (Å²) in [7, 11) is 1.26. The molecule has 4 heteroatoms. The Labute approximate surface area is 111 Å². The van der Waals surface area contributed by atoms with Crippen molar-refractivity contribution < 1.29 is 18.7 Å². The lowest BCUT2D eigenvalue weighted by atomic mass is 10.1. The number of aryl methyl sites for hydroxylation is 1. The third-order valence-electron chi connectivity index (χ3n) is 2.84. The first-order valence-electron chi connectivity index (χ1n) is 5.97. The van der Waals surface area contributed by atoms with E-state index in [2.05, 4.69) is 4.74 Å². The first-order chi connectivity index (χ1) is 9.15. The number of carbonyl (C=O) groups excluding carboxylic acids is 2. The van der Waals surface area contributed by atoms with E-state index in [0.29, 0.717) is 5.56 Å². The predicted molar refractivity (Wildman–Crippen MR) is 69.3 cm³/mol. The summed E-state index contributed by atoms with van der Waals surface area (Å²) < 4.78 is 9.71. The maximum atomic E-state index is 12.1. The molecule has 0 N–H and O–H groups in total. The molecule has 1 heterocycles. The van der Waals surface area contributed by atoms with E-state index in [-0.39, 0.29) is 17.3 Å². The number of hydrogen-bond donors (Lipinski definition) is 0. The summed E-state index contributed by atoms with van der Waals surface area (Å²) >= 11 is 0. The first-order valence-corrected chi connectivity index (χ1v) is 5.97. The number of hydrogen-bond acceptors (Lipinski definition) is 4. The van der Waals surface area contributed by atoms with Crippen molar-refractivity contribution in [1.82, 2.24) is 0 Å². The number of carbonyl (C=O) groups is 2. The number of benzene rings is 1. The van der Waals surface area contributed by atoms with Crippen molar-refractivity contribution >= 4 is 11.8 Å². The number of esters is 1. The number of rotatable bonds is 4. The molecule has 2 rings (SSSR count). The number of furan rings is 1. The molecule has 2 aromatic rings. The molecule has 98 valence electrons. The summed E-state index contributed by atoms with van der Waals surface area (Å²) in [5.74, 6) is -0.695. The van der Waals surface area contributed by atoms with Crippen molar-refractivity contribution in [2.75, 3.05) is 7.11 Å². The van der Waals surface area contributed by atoms with Crippen LogP contribution in [0.3, 0.4) is 0 Å². The van der Waals surface area contributed by atoms with Crippen molar-refractivity contribution in [3.05, 3.63) is 59.0 Å². The lowest BCUT2D eigenvalue weighted by Crippen LogP contribution is -2.01. The van der Waals surface area contributed by atoms with Crippen LogP contribution in [-0.4, -0.2) is 18.9 Å². The highest BCUT2D eigenvalue weighted by molar-refractivity contribution is 6.07. The van der Waals surface area contributed by atoms with E-state index in [9.17, 15) is 9.59 Å². The summed E-state index contributed by atoms with van der Waals surface area (Å²) in [6.07, 6.45) is 0.918. The van der Waals surface area contributed by atoms with Crippen molar-refractivity contribution in [2.24, 2.45) is 0 Å². The zero-order valence-corrected chi connectivity index (χ0v) is 10.8. The van der Waals surface area contributed by atoms with Crippen LogP contribution in [0.15, 0.2) is 40.8 Å². The number of ketones is 1. The third kappa shape index (κ3) is 2.73. The summed E-state index contributed by atoms with van der Waals surface area (Å²) in [5, 5.41) is 0. The summed E-state index contributed by atoms with van der Waals surface area (Å²) in [6.45, 7) is 2.05. The molecule has 0 radical (unpaired) electrons. The highest BCUT2D eigenvalue weighted by atomic mass is 16.5.